The molecule has 0 unspecified atom stereocenters. The lowest BCUT2D eigenvalue weighted by molar-refractivity contribution is -0.167. The number of carbonyl (C=O) groups excluding carboxylic acids is 3. The van der Waals surface area contributed by atoms with E-state index in [0.717, 1.165) is 5.56 Å². The number of nitrogens with zero attached hydrogens (tertiary/aromatic N) is 2. The van der Waals surface area contributed by atoms with Gasteiger partial charge in [0.25, 0.3) is 5.91 Å². The molecule has 5 N–H and O–H groups in total. The largest absolute Gasteiger partial charge is 0.455 e. The standard InChI is InChI=1S/C22H29N5O6/c1-3-15(28)32-18-14(11-25-10-13-8-6-5-7-9-13)31-22(19(18)33-16(29)4-2)27-12-26-17(20(27)23)21(24)30/h5-9,12,14,18-19,22,25H,3-4,10-11,23H2,1-2H3,(H2,24,30)/t14-,18-,19-,22-/m1/s1. The number of nitrogens with two attached hydrogens (primary N) is 2. The van der Waals surface area contributed by atoms with Gasteiger partial charge >= 0.3 is 11.9 Å². The highest BCUT2D eigenvalue weighted by Gasteiger charge is 2.50. The Morgan fingerprint density at radius 1 is 1.09 bits per heavy atom. The molecule has 0 radical (unpaired) electrons. The van der Waals surface area contributed by atoms with E-state index in [1.807, 2.05) is 30.3 Å². The molecule has 1 amide bonds. The van der Waals surface area contributed by atoms with E-state index < -0.39 is 42.4 Å². The van der Waals surface area contributed by atoms with E-state index in [1.165, 1.54) is 10.9 Å². The van der Waals surface area contributed by atoms with Crippen LogP contribution in [-0.4, -0.2) is 52.3 Å². The van der Waals surface area contributed by atoms with Crippen molar-refractivity contribution in [3.8, 4) is 0 Å². The van der Waals surface area contributed by atoms with Gasteiger partial charge in [0.15, 0.2) is 24.1 Å². The molecule has 2 aromatic rings. The highest BCUT2D eigenvalue weighted by molar-refractivity contribution is 5.95. The van der Waals surface area contributed by atoms with Gasteiger partial charge in [0.05, 0.1) is 6.33 Å². The van der Waals surface area contributed by atoms with Gasteiger partial charge in [0.1, 0.15) is 11.9 Å². The van der Waals surface area contributed by atoms with Gasteiger partial charge in [0.2, 0.25) is 0 Å². The summed E-state index contributed by atoms with van der Waals surface area (Å²) in [7, 11) is 0. The predicted molar refractivity (Wildman–Crippen MR) is 118 cm³/mol. The second-order valence-corrected chi connectivity index (χ2v) is 7.55. The first kappa shape index (κ1) is 24.2. The van der Waals surface area contributed by atoms with E-state index in [4.69, 9.17) is 25.7 Å². The first-order chi connectivity index (χ1) is 15.8. The van der Waals surface area contributed by atoms with Gasteiger partial charge in [-0.25, -0.2) is 4.98 Å². The first-order valence-electron chi connectivity index (χ1n) is 10.8. The zero-order valence-corrected chi connectivity index (χ0v) is 18.6. The zero-order chi connectivity index (χ0) is 24.0. The summed E-state index contributed by atoms with van der Waals surface area (Å²) in [5, 5.41) is 3.28. The SMILES string of the molecule is CCC(=O)O[C@@H]1[C@H](OC(=O)CC)[C@@H](CNCc2ccccc2)O[C@H]1n1cnc(C(N)=O)c1N. The number of nitrogen functional groups attached to an aromatic ring is 1. The van der Waals surface area contributed by atoms with E-state index in [9.17, 15) is 14.4 Å². The molecule has 33 heavy (non-hydrogen) atoms. The molecule has 0 bridgehead atoms. The second kappa shape index (κ2) is 10.9. The molecule has 1 saturated heterocycles. The smallest absolute Gasteiger partial charge is 0.306 e. The molecule has 0 spiro atoms. The van der Waals surface area contributed by atoms with Crippen LogP contribution in [0.4, 0.5) is 5.82 Å². The summed E-state index contributed by atoms with van der Waals surface area (Å²) in [5.41, 5.74) is 12.3. The quantitative estimate of drug-likeness (QED) is 0.438. The Bertz CT molecular complexity index is 979. The molecule has 1 fully saturated rings. The monoisotopic (exact) mass is 459 g/mol. The number of esters is 2. The first-order valence-corrected chi connectivity index (χ1v) is 10.8. The molecular formula is C22H29N5O6. The summed E-state index contributed by atoms with van der Waals surface area (Å²) in [4.78, 5) is 39.9. The van der Waals surface area contributed by atoms with Crippen LogP contribution in [0.25, 0.3) is 0 Å². The van der Waals surface area contributed by atoms with Crippen LogP contribution in [0.2, 0.25) is 0 Å². The van der Waals surface area contributed by atoms with E-state index in [2.05, 4.69) is 10.3 Å². The third-order valence-electron chi connectivity index (χ3n) is 5.25. The number of aromatic nitrogens is 2. The van der Waals surface area contributed by atoms with E-state index >= 15 is 0 Å². The van der Waals surface area contributed by atoms with Crippen LogP contribution in [0.5, 0.6) is 0 Å². The Morgan fingerprint density at radius 3 is 2.30 bits per heavy atom. The molecule has 4 atom stereocenters. The Morgan fingerprint density at radius 2 is 1.73 bits per heavy atom. The van der Waals surface area contributed by atoms with Crippen LogP contribution < -0.4 is 16.8 Å². The van der Waals surface area contributed by atoms with Crippen LogP contribution in [0.3, 0.4) is 0 Å². The van der Waals surface area contributed by atoms with Crippen LogP contribution >= 0.6 is 0 Å². The van der Waals surface area contributed by atoms with E-state index in [0.29, 0.717) is 13.1 Å². The van der Waals surface area contributed by atoms with Gasteiger partial charge in [-0.2, -0.15) is 0 Å². The van der Waals surface area contributed by atoms with Crippen molar-refractivity contribution in [2.45, 2.75) is 57.8 Å². The highest BCUT2D eigenvalue weighted by Crippen LogP contribution is 2.36. The molecule has 11 heteroatoms. The average molecular weight is 460 g/mol. The molecule has 1 aliphatic rings. The van der Waals surface area contributed by atoms with Crippen molar-refractivity contribution >= 4 is 23.7 Å². The van der Waals surface area contributed by atoms with Crippen molar-refractivity contribution in [1.82, 2.24) is 14.9 Å². The van der Waals surface area contributed by atoms with Crippen LogP contribution in [-0.2, 0) is 30.3 Å². The summed E-state index contributed by atoms with van der Waals surface area (Å²) in [5.74, 6) is -1.81. The minimum Gasteiger partial charge on any atom is -0.455 e. The molecule has 178 valence electrons. The summed E-state index contributed by atoms with van der Waals surface area (Å²) in [6.45, 7) is 4.16. The molecule has 0 saturated carbocycles. The van der Waals surface area contributed by atoms with Crippen molar-refractivity contribution < 1.29 is 28.6 Å². The van der Waals surface area contributed by atoms with Crippen LogP contribution in [0.15, 0.2) is 36.7 Å². The number of hydrogen-bond acceptors (Lipinski definition) is 9. The number of hydrogen-bond donors (Lipinski definition) is 3. The van der Waals surface area contributed by atoms with E-state index in [1.54, 1.807) is 13.8 Å². The number of nitrogens with one attached hydrogen (secondary N) is 1. The third-order valence-corrected chi connectivity index (χ3v) is 5.25. The van der Waals surface area contributed by atoms with Gasteiger partial charge in [-0.05, 0) is 5.56 Å². The van der Waals surface area contributed by atoms with Gasteiger partial charge in [-0.1, -0.05) is 44.2 Å². The van der Waals surface area contributed by atoms with Crippen molar-refractivity contribution in [1.29, 1.82) is 0 Å². The Labute approximate surface area is 191 Å². The lowest BCUT2D eigenvalue weighted by atomic mass is 10.1. The fourth-order valence-electron chi connectivity index (χ4n) is 3.55. The van der Waals surface area contributed by atoms with Gasteiger partial charge < -0.3 is 31.0 Å². The minimum absolute atomic E-state index is 0.0384. The number of carbonyl (C=O) groups is 3. The highest BCUT2D eigenvalue weighted by atomic mass is 16.6. The fraction of sp³-hybridized carbons (Fsp3) is 0.455. The maximum atomic E-state index is 12.2. The lowest BCUT2D eigenvalue weighted by Crippen LogP contribution is -2.42. The number of rotatable bonds is 10. The van der Waals surface area contributed by atoms with Crippen LogP contribution in [0, 0.1) is 0 Å². The Kier molecular flexibility index (Phi) is 8.01. The summed E-state index contributed by atoms with van der Waals surface area (Å²) < 4.78 is 18.8. The van der Waals surface area contributed by atoms with Crippen molar-refractivity contribution in [2.24, 2.45) is 5.73 Å². The number of ether oxygens (including phenoxy) is 3. The van der Waals surface area contributed by atoms with Crippen LogP contribution in [0.1, 0.15) is 49.0 Å². The topological polar surface area (TPSA) is 161 Å². The van der Waals surface area contributed by atoms with Crippen molar-refractivity contribution in [3.05, 3.63) is 47.9 Å². The normalized spacial score (nSPS) is 22.1. The molecule has 3 rings (SSSR count). The molecule has 2 heterocycles. The zero-order valence-electron chi connectivity index (χ0n) is 18.6. The number of amides is 1. The Balaban J connectivity index is 1.87. The number of anilines is 1. The summed E-state index contributed by atoms with van der Waals surface area (Å²) in [6, 6.07) is 9.75. The molecule has 1 aliphatic heterocycles. The number of benzene rings is 1. The second-order valence-electron chi connectivity index (χ2n) is 7.55. The van der Waals surface area contributed by atoms with Gasteiger partial charge in [-0.15, -0.1) is 0 Å². The maximum Gasteiger partial charge on any atom is 0.306 e. The van der Waals surface area contributed by atoms with Gasteiger partial charge in [-0.3, -0.25) is 19.0 Å². The molecule has 11 nitrogen and oxygen atoms in total. The molecule has 1 aromatic heterocycles. The number of imidazole rings is 1. The summed E-state index contributed by atoms with van der Waals surface area (Å²) in [6.07, 6.45) is -2.01. The average Bonchev–Trinajstić information content (AvgIpc) is 3.34. The van der Waals surface area contributed by atoms with Gasteiger partial charge in [0, 0.05) is 25.9 Å². The van der Waals surface area contributed by atoms with Crippen molar-refractivity contribution in [2.75, 3.05) is 12.3 Å². The maximum absolute atomic E-state index is 12.2. The summed E-state index contributed by atoms with van der Waals surface area (Å²) >= 11 is 0. The molecular weight excluding hydrogens is 430 g/mol. The number of primary amides is 1. The Hall–Kier alpha value is -3.44. The minimum atomic E-state index is -1.01. The fourth-order valence-corrected chi connectivity index (χ4v) is 3.55. The molecule has 0 aliphatic carbocycles. The lowest BCUT2D eigenvalue weighted by Gasteiger charge is -2.25. The predicted octanol–water partition coefficient (Wildman–Crippen LogP) is 0.895. The third kappa shape index (κ3) is 5.68. The van der Waals surface area contributed by atoms with E-state index in [-0.39, 0.29) is 24.4 Å². The molecule has 1 aromatic carbocycles. The van der Waals surface area contributed by atoms with Crippen molar-refractivity contribution in [3.63, 3.8) is 0 Å².